The Morgan fingerprint density at radius 2 is 1.75 bits per heavy atom. The summed E-state index contributed by atoms with van der Waals surface area (Å²) in [5.74, 6) is -0.992. The molecule has 40 heavy (non-hydrogen) atoms. The van der Waals surface area contributed by atoms with Gasteiger partial charge in [-0.3, -0.25) is 14.4 Å². The van der Waals surface area contributed by atoms with Gasteiger partial charge in [-0.25, -0.2) is 4.39 Å². The maximum absolute atomic E-state index is 13.8. The minimum absolute atomic E-state index is 0.0535. The van der Waals surface area contributed by atoms with Crippen LogP contribution in [0.2, 0.25) is 0 Å². The lowest BCUT2D eigenvalue weighted by atomic mass is 9.87. The highest BCUT2D eigenvalue weighted by Crippen LogP contribution is 2.29. The quantitative estimate of drug-likeness (QED) is 0.415. The lowest BCUT2D eigenvalue weighted by Crippen LogP contribution is -2.53. The molecule has 2 aromatic carbocycles. The highest BCUT2D eigenvalue weighted by molar-refractivity contribution is 5.98. The summed E-state index contributed by atoms with van der Waals surface area (Å²) in [4.78, 5) is 41.7. The number of nitrogens with zero attached hydrogens (tertiary/aromatic N) is 1. The molecule has 2 aromatic rings. The predicted molar refractivity (Wildman–Crippen MR) is 153 cm³/mol. The van der Waals surface area contributed by atoms with Gasteiger partial charge < -0.3 is 25.0 Å². The van der Waals surface area contributed by atoms with E-state index in [0.717, 1.165) is 11.3 Å². The highest BCUT2D eigenvalue weighted by atomic mass is 19.1. The number of carbonyl (C=O) groups is 3. The van der Waals surface area contributed by atoms with Crippen molar-refractivity contribution in [2.75, 3.05) is 25.1 Å². The van der Waals surface area contributed by atoms with Crippen LogP contribution in [0.4, 0.5) is 10.1 Å². The van der Waals surface area contributed by atoms with E-state index in [9.17, 15) is 18.8 Å². The van der Waals surface area contributed by atoms with E-state index in [1.54, 1.807) is 51.1 Å². The number of anilines is 1. The Morgan fingerprint density at radius 3 is 2.40 bits per heavy atom. The van der Waals surface area contributed by atoms with E-state index in [4.69, 9.17) is 9.47 Å². The number of benzene rings is 2. The van der Waals surface area contributed by atoms with Gasteiger partial charge in [0.15, 0.2) is 0 Å². The third-order valence-electron chi connectivity index (χ3n) is 6.42. The average molecular weight is 556 g/mol. The lowest BCUT2D eigenvalue weighted by Gasteiger charge is -2.31. The number of hydrogen-bond donors (Lipinski definition) is 2. The molecule has 0 aromatic heterocycles. The number of methoxy groups -OCH3 is 1. The SMILES string of the molecule is COc1cccc(C(=O)N[C@@H](CC(C)(C)C)C(=O)NC(CC(=O)OC(C)(C)C)CN2CCc3cc(F)ccc32)c1. The van der Waals surface area contributed by atoms with Gasteiger partial charge in [-0.05, 0) is 81.0 Å². The first-order valence-electron chi connectivity index (χ1n) is 13.6. The summed E-state index contributed by atoms with van der Waals surface area (Å²) in [6.07, 6.45) is 0.991. The molecule has 0 radical (unpaired) electrons. The summed E-state index contributed by atoms with van der Waals surface area (Å²) in [5.41, 5.74) is 1.18. The van der Waals surface area contributed by atoms with Crippen LogP contribution in [-0.2, 0) is 20.7 Å². The molecule has 1 aliphatic heterocycles. The minimum atomic E-state index is -0.847. The topological polar surface area (TPSA) is 97.0 Å². The normalized spacial score (nSPS) is 14.7. The second-order valence-corrected chi connectivity index (χ2v) is 12.5. The number of carbonyl (C=O) groups excluding carboxylic acids is 3. The molecule has 0 aliphatic carbocycles. The Kier molecular flexibility index (Phi) is 9.82. The van der Waals surface area contributed by atoms with E-state index in [1.165, 1.54) is 19.2 Å². The van der Waals surface area contributed by atoms with Gasteiger partial charge in [0, 0.05) is 24.3 Å². The Hall–Kier alpha value is -3.62. The van der Waals surface area contributed by atoms with Crippen molar-refractivity contribution < 1.29 is 28.2 Å². The van der Waals surface area contributed by atoms with E-state index in [0.29, 0.717) is 37.2 Å². The molecule has 1 heterocycles. The number of fused-ring (bicyclic) bond motifs is 1. The monoisotopic (exact) mass is 555 g/mol. The second-order valence-electron chi connectivity index (χ2n) is 12.5. The number of esters is 1. The van der Waals surface area contributed by atoms with Crippen LogP contribution in [0, 0.1) is 11.2 Å². The van der Waals surface area contributed by atoms with Crippen LogP contribution in [-0.4, -0.2) is 55.7 Å². The van der Waals surface area contributed by atoms with Crippen LogP contribution < -0.4 is 20.3 Å². The van der Waals surface area contributed by atoms with E-state index in [-0.39, 0.29) is 17.7 Å². The van der Waals surface area contributed by atoms with Gasteiger partial charge in [0.05, 0.1) is 19.6 Å². The van der Waals surface area contributed by atoms with Gasteiger partial charge in [-0.2, -0.15) is 0 Å². The zero-order chi connectivity index (χ0) is 29.7. The first-order chi connectivity index (χ1) is 18.6. The third kappa shape index (κ3) is 9.24. The van der Waals surface area contributed by atoms with Crippen molar-refractivity contribution >= 4 is 23.5 Å². The molecule has 1 unspecified atom stereocenters. The number of nitrogens with one attached hydrogen (secondary N) is 2. The third-order valence-corrected chi connectivity index (χ3v) is 6.42. The molecule has 0 fully saturated rings. The molecule has 0 bridgehead atoms. The van der Waals surface area contributed by atoms with Crippen molar-refractivity contribution in [3.05, 3.63) is 59.4 Å². The molecule has 2 amide bonds. The van der Waals surface area contributed by atoms with Crippen molar-refractivity contribution in [2.24, 2.45) is 5.41 Å². The van der Waals surface area contributed by atoms with Gasteiger partial charge >= 0.3 is 5.97 Å². The molecule has 0 saturated carbocycles. The second kappa shape index (κ2) is 12.7. The van der Waals surface area contributed by atoms with Gasteiger partial charge in [0.2, 0.25) is 5.91 Å². The number of amides is 2. The zero-order valence-electron chi connectivity index (χ0n) is 24.6. The lowest BCUT2D eigenvalue weighted by molar-refractivity contribution is -0.155. The van der Waals surface area contributed by atoms with Gasteiger partial charge in [0.1, 0.15) is 23.2 Å². The summed E-state index contributed by atoms with van der Waals surface area (Å²) in [7, 11) is 1.52. The van der Waals surface area contributed by atoms with Crippen LogP contribution in [0.1, 0.15) is 70.3 Å². The largest absolute Gasteiger partial charge is 0.497 e. The molecule has 0 spiro atoms. The highest BCUT2D eigenvalue weighted by Gasteiger charge is 2.32. The number of ether oxygens (including phenoxy) is 2. The molecule has 0 saturated heterocycles. The first kappa shape index (κ1) is 30.9. The Labute approximate surface area is 236 Å². The molecular formula is C31H42FN3O5. The summed E-state index contributed by atoms with van der Waals surface area (Å²) in [5, 5.41) is 5.89. The van der Waals surface area contributed by atoms with E-state index < -0.39 is 35.5 Å². The van der Waals surface area contributed by atoms with Gasteiger partial charge in [-0.15, -0.1) is 0 Å². The van der Waals surface area contributed by atoms with Gasteiger partial charge in [0.25, 0.3) is 5.91 Å². The summed E-state index contributed by atoms with van der Waals surface area (Å²) in [6.45, 7) is 12.3. The zero-order valence-corrected chi connectivity index (χ0v) is 24.6. The molecular weight excluding hydrogens is 513 g/mol. The molecule has 218 valence electrons. The molecule has 9 heteroatoms. The van der Waals surface area contributed by atoms with E-state index in [2.05, 4.69) is 10.6 Å². The Bertz CT molecular complexity index is 1220. The average Bonchev–Trinajstić information content (AvgIpc) is 3.22. The number of hydrogen-bond acceptors (Lipinski definition) is 6. The van der Waals surface area contributed by atoms with Gasteiger partial charge in [-0.1, -0.05) is 26.8 Å². The fourth-order valence-corrected chi connectivity index (χ4v) is 4.77. The Balaban J connectivity index is 1.81. The predicted octanol–water partition coefficient (Wildman–Crippen LogP) is 4.65. The minimum Gasteiger partial charge on any atom is -0.497 e. The van der Waals surface area contributed by atoms with Crippen molar-refractivity contribution in [2.45, 2.75) is 78.5 Å². The summed E-state index contributed by atoms with van der Waals surface area (Å²) >= 11 is 0. The van der Waals surface area contributed by atoms with Crippen LogP contribution >= 0.6 is 0 Å². The van der Waals surface area contributed by atoms with Crippen LogP contribution in [0.5, 0.6) is 5.75 Å². The Morgan fingerprint density at radius 1 is 1.02 bits per heavy atom. The standard InChI is InChI=1S/C31H42FN3O5/c1-30(2,3)18-25(34-28(37)21-9-8-10-24(16-21)39-7)29(38)33-23(17-27(36)40-31(4,5)6)19-35-14-13-20-15-22(32)11-12-26(20)35/h8-12,15-16,23,25H,13-14,17-19H2,1-7H3,(H,33,38)(H,34,37)/t23?,25-/m0/s1. The molecule has 3 rings (SSSR count). The summed E-state index contributed by atoms with van der Waals surface area (Å²) < 4.78 is 24.5. The smallest absolute Gasteiger partial charge is 0.308 e. The maximum atomic E-state index is 13.8. The van der Waals surface area contributed by atoms with Crippen molar-refractivity contribution in [3.8, 4) is 5.75 Å². The van der Waals surface area contributed by atoms with E-state index >= 15 is 0 Å². The fourth-order valence-electron chi connectivity index (χ4n) is 4.77. The van der Waals surface area contributed by atoms with Crippen LogP contribution in [0.25, 0.3) is 0 Å². The fraction of sp³-hybridized carbons (Fsp3) is 0.516. The first-order valence-corrected chi connectivity index (χ1v) is 13.6. The van der Waals surface area contributed by atoms with Crippen LogP contribution in [0.15, 0.2) is 42.5 Å². The van der Waals surface area contributed by atoms with Crippen molar-refractivity contribution in [1.82, 2.24) is 10.6 Å². The van der Waals surface area contributed by atoms with Crippen LogP contribution in [0.3, 0.4) is 0 Å². The molecule has 8 nitrogen and oxygen atoms in total. The molecule has 2 atom stereocenters. The summed E-state index contributed by atoms with van der Waals surface area (Å²) in [6, 6.07) is 9.92. The molecule has 2 N–H and O–H groups in total. The number of rotatable bonds is 10. The molecule has 1 aliphatic rings. The van der Waals surface area contributed by atoms with Crippen molar-refractivity contribution in [3.63, 3.8) is 0 Å². The number of halogens is 1. The van der Waals surface area contributed by atoms with E-state index in [1.807, 2.05) is 25.7 Å². The maximum Gasteiger partial charge on any atom is 0.308 e. The van der Waals surface area contributed by atoms with Crippen molar-refractivity contribution in [1.29, 1.82) is 0 Å².